The minimum absolute atomic E-state index is 0.0658. The summed E-state index contributed by atoms with van der Waals surface area (Å²) in [5.74, 6) is -1.74. The number of hydrogen-bond donors (Lipinski definition) is 2. The Labute approximate surface area is 87.7 Å². The second kappa shape index (κ2) is 5.14. The number of carbonyl (C=O) groups is 2. The first-order valence-corrected chi connectivity index (χ1v) is 4.64. The first kappa shape index (κ1) is 11.2. The van der Waals surface area contributed by atoms with Gasteiger partial charge >= 0.3 is 5.97 Å². The lowest BCUT2D eigenvalue weighted by Crippen LogP contribution is -2.17. The summed E-state index contributed by atoms with van der Waals surface area (Å²) in [4.78, 5) is 21.4. The van der Waals surface area contributed by atoms with E-state index in [0.717, 1.165) is 5.56 Å². The molecule has 0 saturated carbocycles. The molecule has 0 unspecified atom stereocenters. The molecule has 1 amide bonds. The molecule has 0 saturated heterocycles. The number of rotatable bonds is 5. The van der Waals surface area contributed by atoms with Crippen LogP contribution in [0.1, 0.15) is 24.3 Å². The van der Waals surface area contributed by atoms with Crippen molar-refractivity contribution in [2.45, 2.75) is 18.8 Å². The van der Waals surface area contributed by atoms with Crippen molar-refractivity contribution in [3.63, 3.8) is 0 Å². The van der Waals surface area contributed by atoms with Gasteiger partial charge in [0.2, 0.25) is 5.91 Å². The van der Waals surface area contributed by atoms with Crippen molar-refractivity contribution in [1.29, 1.82) is 0 Å². The molecular formula is C11H13NO3. The molecule has 0 aliphatic carbocycles. The topological polar surface area (TPSA) is 80.4 Å². The van der Waals surface area contributed by atoms with Crippen LogP contribution in [0.3, 0.4) is 0 Å². The number of benzene rings is 1. The molecule has 1 aromatic rings. The van der Waals surface area contributed by atoms with Gasteiger partial charge in [-0.15, -0.1) is 0 Å². The maximum atomic E-state index is 10.8. The standard InChI is InChI=1S/C11H13NO3/c12-10(13)6-9(7-11(14)15)8-4-2-1-3-5-8/h1-5,9H,6-7H2,(H2,12,13)(H,14,15)/t9-/m0/s1. The Bertz CT molecular complexity index is 332. The number of nitrogens with two attached hydrogens (primary N) is 1. The van der Waals surface area contributed by atoms with Crippen molar-refractivity contribution in [3.8, 4) is 0 Å². The summed E-state index contributed by atoms with van der Waals surface area (Å²) in [7, 11) is 0. The summed E-state index contributed by atoms with van der Waals surface area (Å²) in [5, 5.41) is 8.71. The molecule has 0 aliphatic rings. The van der Waals surface area contributed by atoms with Gasteiger partial charge in [0.15, 0.2) is 0 Å². The van der Waals surface area contributed by atoms with Crippen molar-refractivity contribution < 1.29 is 14.7 Å². The van der Waals surface area contributed by atoms with Crippen LogP contribution >= 0.6 is 0 Å². The highest BCUT2D eigenvalue weighted by molar-refractivity contribution is 5.76. The molecule has 4 nitrogen and oxygen atoms in total. The highest BCUT2D eigenvalue weighted by Crippen LogP contribution is 2.22. The highest BCUT2D eigenvalue weighted by atomic mass is 16.4. The number of carbonyl (C=O) groups excluding carboxylic acids is 1. The molecule has 0 bridgehead atoms. The van der Waals surface area contributed by atoms with Gasteiger partial charge in [-0.05, 0) is 5.56 Å². The van der Waals surface area contributed by atoms with Crippen LogP contribution in [0.4, 0.5) is 0 Å². The minimum Gasteiger partial charge on any atom is -0.481 e. The van der Waals surface area contributed by atoms with Gasteiger partial charge in [-0.1, -0.05) is 30.3 Å². The van der Waals surface area contributed by atoms with Crippen LogP contribution < -0.4 is 5.73 Å². The number of hydrogen-bond acceptors (Lipinski definition) is 2. The number of carboxylic acid groups (broad SMARTS) is 1. The molecule has 1 rings (SSSR count). The zero-order valence-corrected chi connectivity index (χ0v) is 8.22. The van der Waals surface area contributed by atoms with E-state index in [0.29, 0.717) is 0 Å². The molecule has 15 heavy (non-hydrogen) atoms. The molecule has 1 atom stereocenters. The van der Waals surface area contributed by atoms with E-state index in [9.17, 15) is 9.59 Å². The molecular weight excluding hydrogens is 194 g/mol. The van der Waals surface area contributed by atoms with E-state index in [1.54, 1.807) is 12.1 Å². The first-order valence-electron chi connectivity index (χ1n) is 4.64. The number of amides is 1. The summed E-state index contributed by atoms with van der Waals surface area (Å²) in [6.07, 6.45) is -0.0106. The summed E-state index contributed by atoms with van der Waals surface area (Å²) in [6.45, 7) is 0. The van der Waals surface area contributed by atoms with Crippen LogP contribution in [0.25, 0.3) is 0 Å². The van der Waals surface area contributed by atoms with E-state index in [-0.39, 0.29) is 18.8 Å². The van der Waals surface area contributed by atoms with Gasteiger partial charge in [-0.25, -0.2) is 0 Å². The Hall–Kier alpha value is -1.84. The molecule has 0 aromatic heterocycles. The van der Waals surface area contributed by atoms with Crippen molar-refractivity contribution >= 4 is 11.9 Å². The van der Waals surface area contributed by atoms with Crippen molar-refractivity contribution in [2.24, 2.45) is 5.73 Å². The zero-order chi connectivity index (χ0) is 11.3. The molecule has 0 aliphatic heterocycles. The average molecular weight is 207 g/mol. The normalized spacial score (nSPS) is 12.0. The second-order valence-electron chi connectivity index (χ2n) is 3.38. The van der Waals surface area contributed by atoms with Crippen LogP contribution in [0.2, 0.25) is 0 Å². The van der Waals surface area contributed by atoms with Gasteiger partial charge in [-0.3, -0.25) is 9.59 Å². The largest absolute Gasteiger partial charge is 0.481 e. The van der Waals surface area contributed by atoms with E-state index in [2.05, 4.69) is 0 Å². The number of aliphatic carboxylic acids is 1. The molecule has 4 heteroatoms. The third-order valence-corrected chi connectivity index (χ3v) is 2.14. The third kappa shape index (κ3) is 3.81. The summed E-state index contributed by atoms with van der Waals surface area (Å²) >= 11 is 0. The Morgan fingerprint density at radius 2 is 1.80 bits per heavy atom. The lowest BCUT2D eigenvalue weighted by atomic mass is 9.92. The average Bonchev–Trinajstić information content (AvgIpc) is 2.17. The molecule has 0 fully saturated rings. The molecule has 80 valence electrons. The van der Waals surface area contributed by atoms with E-state index >= 15 is 0 Å². The fourth-order valence-corrected chi connectivity index (χ4v) is 1.49. The van der Waals surface area contributed by atoms with Gasteiger partial charge < -0.3 is 10.8 Å². The Kier molecular flexibility index (Phi) is 3.85. The van der Waals surface area contributed by atoms with Crippen molar-refractivity contribution in [3.05, 3.63) is 35.9 Å². The van der Waals surface area contributed by atoms with Gasteiger partial charge in [0, 0.05) is 12.3 Å². The van der Waals surface area contributed by atoms with E-state index in [1.807, 2.05) is 18.2 Å². The third-order valence-electron chi connectivity index (χ3n) is 2.14. The van der Waals surface area contributed by atoms with E-state index < -0.39 is 11.9 Å². The van der Waals surface area contributed by atoms with Crippen LogP contribution in [-0.2, 0) is 9.59 Å². The van der Waals surface area contributed by atoms with Gasteiger partial charge in [0.25, 0.3) is 0 Å². The quantitative estimate of drug-likeness (QED) is 0.759. The molecule has 3 N–H and O–H groups in total. The SMILES string of the molecule is NC(=O)C[C@@H](CC(=O)O)c1ccccc1. The summed E-state index contributed by atoms with van der Waals surface area (Å²) in [6, 6.07) is 9.06. The maximum Gasteiger partial charge on any atom is 0.303 e. The summed E-state index contributed by atoms with van der Waals surface area (Å²) < 4.78 is 0. The van der Waals surface area contributed by atoms with E-state index in [4.69, 9.17) is 10.8 Å². The summed E-state index contributed by atoms with van der Waals surface area (Å²) in [5.41, 5.74) is 5.91. The second-order valence-corrected chi connectivity index (χ2v) is 3.38. The van der Waals surface area contributed by atoms with E-state index in [1.165, 1.54) is 0 Å². The van der Waals surface area contributed by atoms with Gasteiger partial charge in [0.1, 0.15) is 0 Å². The smallest absolute Gasteiger partial charge is 0.303 e. The molecule has 0 spiro atoms. The molecule has 0 radical (unpaired) electrons. The predicted octanol–water partition coefficient (Wildman–Crippen LogP) is 1.12. The van der Waals surface area contributed by atoms with Crippen LogP contribution in [0, 0.1) is 0 Å². The monoisotopic (exact) mass is 207 g/mol. The van der Waals surface area contributed by atoms with Crippen molar-refractivity contribution in [2.75, 3.05) is 0 Å². The molecule has 0 heterocycles. The minimum atomic E-state index is -0.926. The van der Waals surface area contributed by atoms with Crippen LogP contribution in [-0.4, -0.2) is 17.0 Å². The zero-order valence-electron chi connectivity index (χ0n) is 8.22. The first-order chi connectivity index (χ1) is 7.09. The maximum absolute atomic E-state index is 10.8. The Morgan fingerprint density at radius 1 is 1.20 bits per heavy atom. The fraction of sp³-hybridized carbons (Fsp3) is 0.273. The number of primary amides is 1. The Morgan fingerprint density at radius 3 is 2.27 bits per heavy atom. The van der Waals surface area contributed by atoms with Crippen molar-refractivity contribution in [1.82, 2.24) is 0 Å². The molecule has 1 aromatic carbocycles. The van der Waals surface area contributed by atoms with Gasteiger partial charge in [-0.2, -0.15) is 0 Å². The lowest BCUT2D eigenvalue weighted by Gasteiger charge is -2.12. The fourth-order valence-electron chi connectivity index (χ4n) is 1.49. The lowest BCUT2D eigenvalue weighted by molar-refractivity contribution is -0.137. The predicted molar refractivity (Wildman–Crippen MR) is 55.2 cm³/mol. The van der Waals surface area contributed by atoms with Crippen LogP contribution in [0.15, 0.2) is 30.3 Å². The highest BCUT2D eigenvalue weighted by Gasteiger charge is 2.17. The van der Waals surface area contributed by atoms with Gasteiger partial charge in [0.05, 0.1) is 6.42 Å². The van der Waals surface area contributed by atoms with Crippen LogP contribution in [0.5, 0.6) is 0 Å². The number of carboxylic acids is 1. The Balaban J connectivity index is 2.81.